The highest BCUT2D eigenvalue weighted by molar-refractivity contribution is 5.82. The molecule has 8 heteroatoms. The van der Waals surface area contributed by atoms with Crippen molar-refractivity contribution in [2.24, 2.45) is 5.73 Å². The summed E-state index contributed by atoms with van der Waals surface area (Å²) >= 11 is 0. The van der Waals surface area contributed by atoms with Crippen LogP contribution in [0.5, 0.6) is 0 Å². The van der Waals surface area contributed by atoms with Crippen molar-refractivity contribution < 1.29 is 18.0 Å². The van der Waals surface area contributed by atoms with E-state index in [9.17, 15) is 18.0 Å². The Balaban J connectivity index is 2.06. The van der Waals surface area contributed by atoms with E-state index < -0.39 is 23.7 Å². The van der Waals surface area contributed by atoms with Crippen LogP contribution in [-0.4, -0.2) is 20.8 Å². The third kappa shape index (κ3) is 5.17. The van der Waals surface area contributed by atoms with E-state index in [2.05, 4.69) is 9.97 Å². The van der Waals surface area contributed by atoms with Gasteiger partial charge in [-0.1, -0.05) is 24.3 Å². The summed E-state index contributed by atoms with van der Waals surface area (Å²) in [6, 6.07) is 10.7. The van der Waals surface area contributed by atoms with Crippen LogP contribution in [0.4, 0.5) is 13.2 Å². The molecule has 0 saturated heterocycles. The lowest BCUT2D eigenvalue weighted by Gasteiger charge is -2.31. The average Bonchev–Trinajstić information content (AvgIpc) is 2.69. The van der Waals surface area contributed by atoms with Gasteiger partial charge in [0.05, 0.1) is 5.56 Å². The highest BCUT2D eigenvalue weighted by Gasteiger charge is 2.38. The lowest BCUT2D eigenvalue weighted by Crippen LogP contribution is -2.38. The fourth-order valence-corrected chi connectivity index (χ4v) is 3.21. The van der Waals surface area contributed by atoms with Crippen molar-refractivity contribution >= 4 is 5.91 Å². The second-order valence-corrected chi connectivity index (χ2v) is 6.51. The average molecular weight is 400 g/mol. The van der Waals surface area contributed by atoms with E-state index in [1.54, 1.807) is 54.0 Å². The molecule has 2 N–H and O–H groups in total. The van der Waals surface area contributed by atoms with Gasteiger partial charge >= 0.3 is 6.18 Å². The van der Waals surface area contributed by atoms with Gasteiger partial charge in [0.15, 0.2) is 0 Å². The largest absolute Gasteiger partial charge is 0.416 e. The second kappa shape index (κ2) is 8.83. The summed E-state index contributed by atoms with van der Waals surface area (Å²) in [4.78, 5) is 22.0. The Hall–Kier alpha value is -3.26. The highest BCUT2D eigenvalue weighted by Crippen LogP contribution is 2.37. The molecule has 1 amide bonds. The molecule has 1 unspecified atom stereocenters. The van der Waals surface area contributed by atoms with Crippen LogP contribution in [0.15, 0.2) is 73.3 Å². The Morgan fingerprint density at radius 3 is 2.24 bits per heavy atom. The van der Waals surface area contributed by atoms with Crippen LogP contribution >= 0.6 is 0 Å². The number of aromatic nitrogens is 2. The van der Waals surface area contributed by atoms with Gasteiger partial charge < -0.3 is 5.73 Å². The van der Waals surface area contributed by atoms with Gasteiger partial charge in [0.25, 0.3) is 0 Å². The van der Waals surface area contributed by atoms with E-state index in [1.165, 1.54) is 18.2 Å². The van der Waals surface area contributed by atoms with E-state index in [0.29, 0.717) is 0 Å². The number of primary amides is 1. The highest BCUT2D eigenvalue weighted by atomic mass is 19.4. The molecule has 0 radical (unpaired) electrons. The van der Waals surface area contributed by atoms with Gasteiger partial charge in [0.1, 0.15) is 6.04 Å². The number of hydrogen-bond donors (Lipinski definition) is 1. The summed E-state index contributed by atoms with van der Waals surface area (Å²) in [5.74, 6) is -0.861. The molecule has 150 valence electrons. The van der Waals surface area contributed by atoms with Crippen LogP contribution in [0.25, 0.3) is 0 Å². The first-order valence-corrected chi connectivity index (χ1v) is 8.83. The van der Waals surface area contributed by atoms with Gasteiger partial charge in [-0.15, -0.1) is 0 Å². The van der Waals surface area contributed by atoms with Gasteiger partial charge in [0, 0.05) is 37.9 Å². The van der Waals surface area contributed by atoms with Gasteiger partial charge in [-0.05, 0) is 41.0 Å². The van der Waals surface area contributed by atoms with Crippen LogP contribution in [-0.2, 0) is 24.1 Å². The fourth-order valence-electron chi connectivity index (χ4n) is 3.21. The molecule has 0 saturated carbocycles. The molecule has 5 nitrogen and oxygen atoms in total. The summed E-state index contributed by atoms with van der Waals surface area (Å²) in [6.45, 7) is 0.396. The zero-order valence-electron chi connectivity index (χ0n) is 15.4. The minimum absolute atomic E-state index is 0.176. The van der Waals surface area contributed by atoms with Crippen LogP contribution in [0.3, 0.4) is 0 Å². The van der Waals surface area contributed by atoms with E-state index in [4.69, 9.17) is 5.73 Å². The molecule has 29 heavy (non-hydrogen) atoms. The third-order valence-corrected chi connectivity index (χ3v) is 4.44. The standard InChI is InChI=1S/C21H19F3N4O/c22-21(23,24)18-6-2-1-5-17(18)19(20(25)29)28(13-15-7-10-26-11-8-15)14-16-4-3-9-27-12-16/h1-12,19H,13-14H2,(H2,25,29). The third-order valence-electron chi connectivity index (χ3n) is 4.44. The van der Waals surface area contributed by atoms with E-state index in [0.717, 1.165) is 17.2 Å². The molecule has 0 bridgehead atoms. The smallest absolute Gasteiger partial charge is 0.368 e. The molecule has 0 aliphatic rings. The van der Waals surface area contributed by atoms with E-state index in [-0.39, 0.29) is 18.7 Å². The SMILES string of the molecule is NC(=O)C(c1ccccc1C(F)(F)F)N(Cc1ccncc1)Cc1cccnc1. The van der Waals surface area contributed by atoms with Crippen LogP contribution in [0.1, 0.15) is 28.3 Å². The molecule has 0 fully saturated rings. The number of nitrogens with zero attached hydrogens (tertiary/aromatic N) is 3. The molecule has 0 aliphatic heterocycles. The number of carbonyl (C=O) groups excluding carboxylic acids is 1. The summed E-state index contributed by atoms with van der Waals surface area (Å²) in [6.07, 6.45) is 1.76. The lowest BCUT2D eigenvalue weighted by molar-refractivity contribution is -0.139. The van der Waals surface area contributed by atoms with Crippen LogP contribution < -0.4 is 5.73 Å². The van der Waals surface area contributed by atoms with E-state index in [1.807, 2.05) is 0 Å². The molecule has 2 aromatic heterocycles. The molecule has 1 aromatic carbocycles. The summed E-state index contributed by atoms with van der Waals surface area (Å²) in [5, 5.41) is 0. The molecule has 0 spiro atoms. The van der Waals surface area contributed by atoms with Crippen LogP contribution in [0.2, 0.25) is 0 Å². The minimum Gasteiger partial charge on any atom is -0.368 e. The molecular formula is C21H19F3N4O. The number of amides is 1. The number of carbonyl (C=O) groups is 1. The summed E-state index contributed by atoms with van der Waals surface area (Å²) < 4.78 is 40.8. The quantitative estimate of drug-likeness (QED) is 0.656. The van der Waals surface area contributed by atoms with Crippen LogP contribution in [0, 0.1) is 0 Å². The van der Waals surface area contributed by atoms with Crippen molar-refractivity contribution in [3.05, 3.63) is 95.6 Å². The molecule has 1 atom stereocenters. The molecule has 3 rings (SSSR count). The van der Waals surface area contributed by atoms with Crippen molar-refractivity contribution in [2.75, 3.05) is 0 Å². The molecule has 0 aliphatic carbocycles. The Kier molecular flexibility index (Phi) is 6.23. The maximum Gasteiger partial charge on any atom is 0.416 e. The Labute approximate surface area is 166 Å². The second-order valence-electron chi connectivity index (χ2n) is 6.51. The van der Waals surface area contributed by atoms with Gasteiger partial charge in [-0.3, -0.25) is 19.7 Å². The first kappa shape index (κ1) is 20.5. The lowest BCUT2D eigenvalue weighted by atomic mass is 9.97. The predicted octanol–water partition coefficient (Wildman–Crippen LogP) is 3.72. The Morgan fingerprint density at radius 2 is 1.62 bits per heavy atom. The van der Waals surface area contributed by atoms with E-state index >= 15 is 0 Å². The number of benzene rings is 1. The van der Waals surface area contributed by atoms with Crippen molar-refractivity contribution in [2.45, 2.75) is 25.3 Å². The van der Waals surface area contributed by atoms with Crippen molar-refractivity contribution in [3.63, 3.8) is 0 Å². The zero-order valence-corrected chi connectivity index (χ0v) is 15.4. The topological polar surface area (TPSA) is 72.1 Å². The first-order chi connectivity index (χ1) is 13.9. The molecule has 3 aromatic rings. The first-order valence-electron chi connectivity index (χ1n) is 8.83. The number of alkyl halides is 3. The normalized spacial score (nSPS) is 12.7. The Morgan fingerprint density at radius 1 is 0.931 bits per heavy atom. The fraction of sp³-hybridized carbons (Fsp3) is 0.190. The number of rotatable bonds is 7. The maximum absolute atomic E-state index is 13.6. The maximum atomic E-state index is 13.6. The zero-order chi connectivity index (χ0) is 20.9. The van der Waals surface area contributed by atoms with Gasteiger partial charge in [0.2, 0.25) is 5.91 Å². The number of hydrogen-bond acceptors (Lipinski definition) is 4. The van der Waals surface area contributed by atoms with Gasteiger partial charge in [-0.25, -0.2) is 0 Å². The number of halogens is 3. The molecular weight excluding hydrogens is 381 g/mol. The minimum atomic E-state index is -4.61. The van der Waals surface area contributed by atoms with Crippen molar-refractivity contribution in [1.82, 2.24) is 14.9 Å². The van der Waals surface area contributed by atoms with Crippen molar-refractivity contribution in [1.29, 1.82) is 0 Å². The number of nitrogens with two attached hydrogens (primary N) is 1. The molecule has 2 heterocycles. The summed E-state index contributed by atoms with van der Waals surface area (Å²) in [7, 11) is 0. The Bertz CT molecular complexity index is 907. The van der Waals surface area contributed by atoms with Crippen molar-refractivity contribution in [3.8, 4) is 0 Å². The predicted molar refractivity (Wildman–Crippen MR) is 101 cm³/mol. The summed E-state index contributed by atoms with van der Waals surface area (Å²) in [5.41, 5.74) is 6.10. The number of pyridine rings is 2. The van der Waals surface area contributed by atoms with Gasteiger partial charge in [-0.2, -0.15) is 13.2 Å². The monoisotopic (exact) mass is 400 g/mol.